The second-order valence-corrected chi connectivity index (χ2v) is 9.24. The van der Waals surface area contributed by atoms with Gasteiger partial charge >= 0.3 is 0 Å². The van der Waals surface area contributed by atoms with Crippen LogP contribution in [0.25, 0.3) is 0 Å². The van der Waals surface area contributed by atoms with Crippen LogP contribution in [0.1, 0.15) is 57.1 Å². The van der Waals surface area contributed by atoms with E-state index >= 15 is 0 Å². The molecule has 0 aromatic heterocycles. The van der Waals surface area contributed by atoms with Gasteiger partial charge in [0.2, 0.25) is 5.91 Å². The first-order valence-corrected chi connectivity index (χ1v) is 10.6. The number of halogens is 1. The van der Waals surface area contributed by atoms with Gasteiger partial charge in [0.25, 0.3) is 0 Å². The van der Waals surface area contributed by atoms with Crippen molar-refractivity contribution in [1.29, 1.82) is 0 Å². The van der Waals surface area contributed by atoms with Crippen LogP contribution in [-0.2, 0) is 16.0 Å². The summed E-state index contributed by atoms with van der Waals surface area (Å²) in [5.74, 6) is -0.131. The number of hydrogen-bond donors (Lipinski definition) is 0. The molecule has 150 valence electrons. The monoisotopic (exact) mass is 407 g/mol. The number of nitrogens with zero attached hydrogens (tertiary/aromatic N) is 1. The number of hydrogen-bond acceptors (Lipinski definition) is 2. The Morgan fingerprint density at radius 3 is 2.38 bits per heavy atom. The third-order valence-corrected chi connectivity index (χ3v) is 6.37. The van der Waals surface area contributed by atoms with Crippen molar-refractivity contribution in [3.63, 3.8) is 0 Å². The van der Waals surface area contributed by atoms with Gasteiger partial charge in [-0.1, -0.05) is 62.7 Å². The molecule has 1 aliphatic carbocycles. The number of benzene rings is 2. The molecule has 0 N–H and O–H groups in total. The van der Waals surface area contributed by atoms with Gasteiger partial charge in [-0.05, 0) is 47.6 Å². The highest BCUT2D eigenvalue weighted by Crippen LogP contribution is 2.49. The highest BCUT2D eigenvalue weighted by molar-refractivity contribution is 6.31. The van der Waals surface area contributed by atoms with Gasteiger partial charge in [-0.2, -0.15) is 0 Å². The van der Waals surface area contributed by atoms with Crippen LogP contribution in [0, 0.1) is 5.41 Å². The van der Waals surface area contributed by atoms with Crippen LogP contribution in [0.4, 0.5) is 5.69 Å². The second-order valence-electron chi connectivity index (χ2n) is 8.83. The fraction of sp³-hybridized carbons (Fsp3) is 0.360. The molecule has 0 radical (unpaired) electrons. The maximum atomic E-state index is 13.4. The molecular formula is C25H26ClNO2. The molecule has 2 aliphatic rings. The van der Waals surface area contributed by atoms with Crippen molar-refractivity contribution in [2.24, 2.45) is 5.41 Å². The van der Waals surface area contributed by atoms with E-state index in [2.05, 4.69) is 32.9 Å². The summed E-state index contributed by atoms with van der Waals surface area (Å²) in [7, 11) is 0. The third kappa shape index (κ3) is 3.64. The molecule has 0 bridgehead atoms. The summed E-state index contributed by atoms with van der Waals surface area (Å²) in [6.07, 6.45) is 2.38. The van der Waals surface area contributed by atoms with Gasteiger partial charge in [-0.15, -0.1) is 0 Å². The topological polar surface area (TPSA) is 37.4 Å². The van der Waals surface area contributed by atoms with Crippen molar-refractivity contribution in [2.45, 2.75) is 52.4 Å². The molecule has 1 heterocycles. The lowest BCUT2D eigenvalue weighted by Crippen LogP contribution is -2.43. The van der Waals surface area contributed by atoms with Gasteiger partial charge in [0.15, 0.2) is 5.78 Å². The molecule has 0 spiro atoms. The van der Waals surface area contributed by atoms with Crippen molar-refractivity contribution < 1.29 is 9.59 Å². The zero-order valence-electron chi connectivity index (χ0n) is 17.2. The van der Waals surface area contributed by atoms with E-state index in [-0.39, 0.29) is 29.4 Å². The molecule has 1 unspecified atom stereocenters. The fourth-order valence-electron chi connectivity index (χ4n) is 4.62. The molecule has 0 fully saturated rings. The first kappa shape index (κ1) is 19.9. The summed E-state index contributed by atoms with van der Waals surface area (Å²) >= 11 is 6.47. The maximum absolute atomic E-state index is 13.4. The average Bonchev–Trinajstić information content (AvgIpc) is 2.67. The van der Waals surface area contributed by atoms with Crippen LogP contribution in [0.15, 0.2) is 59.8 Å². The number of carbonyl (C=O) groups is 2. The number of Topliss-reactive ketones (excluding diaryl/α,β-unsaturated/α-hetero) is 1. The Labute approximate surface area is 177 Å². The van der Waals surface area contributed by atoms with Crippen LogP contribution in [-0.4, -0.2) is 11.7 Å². The van der Waals surface area contributed by atoms with Gasteiger partial charge in [0, 0.05) is 40.7 Å². The first-order valence-electron chi connectivity index (χ1n) is 10.2. The van der Waals surface area contributed by atoms with Crippen LogP contribution >= 0.6 is 11.6 Å². The Hall–Kier alpha value is -2.39. The summed E-state index contributed by atoms with van der Waals surface area (Å²) in [6.45, 7) is 6.30. The van der Waals surface area contributed by atoms with E-state index in [9.17, 15) is 9.59 Å². The van der Waals surface area contributed by atoms with Crippen molar-refractivity contribution >= 4 is 29.0 Å². The van der Waals surface area contributed by atoms with E-state index in [1.165, 1.54) is 5.56 Å². The Morgan fingerprint density at radius 2 is 1.72 bits per heavy atom. The van der Waals surface area contributed by atoms with E-state index in [4.69, 9.17) is 11.6 Å². The predicted molar refractivity (Wildman–Crippen MR) is 117 cm³/mol. The Kier molecular flexibility index (Phi) is 5.12. The number of amides is 1. The minimum absolute atomic E-state index is 0.0171. The number of carbonyl (C=O) groups excluding carboxylic acids is 2. The lowest BCUT2D eigenvalue weighted by atomic mass is 9.69. The van der Waals surface area contributed by atoms with Crippen LogP contribution in [0.3, 0.4) is 0 Å². The maximum Gasteiger partial charge on any atom is 0.232 e. The molecule has 1 aliphatic heterocycles. The normalized spacial score (nSPS) is 21.4. The van der Waals surface area contributed by atoms with Gasteiger partial charge in [0.05, 0.1) is 0 Å². The van der Waals surface area contributed by atoms with Gasteiger partial charge < -0.3 is 0 Å². The molecule has 2 aromatic rings. The smallest absolute Gasteiger partial charge is 0.232 e. The van der Waals surface area contributed by atoms with Crippen LogP contribution in [0.2, 0.25) is 5.02 Å². The van der Waals surface area contributed by atoms with Crippen LogP contribution < -0.4 is 4.90 Å². The van der Waals surface area contributed by atoms with Crippen molar-refractivity contribution in [2.75, 3.05) is 4.90 Å². The average molecular weight is 408 g/mol. The Bertz CT molecular complexity index is 1000. The van der Waals surface area contributed by atoms with Crippen LogP contribution in [0.5, 0.6) is 0 Å². The van der Waals surface area contributed by atoms with E-state index in [1.807, 2.05) is 36.4 Å². The van der Waals surface area contributed by atoms with E-state index < -0.39 is 0 Å². The highest BCUT2D eigenvalue weighted by Gasteiger charge is 2.44. The molecule has 0 saturated carbocycles. The molecule has 4 rings (SSSR count). The van der Waals surface area contributed by atoms with E-state index in [1.54, 1.807) is 4.90 Å². The summed E-state index contributed by atoms with van der Waals surface area (Å²) < 4.78 is 0. The molecular weight excluding hydrogens is 382 g/mol. The molecule has 4 heteroatoms. The number of rotatable bonds is 3. The van der Waals surface area contributed by atoms with Gasteiger partial charge in [-0.3, -0.25) is 14.5 Å². The summed E-state index contributed by atoms with van der Waals surface area (Å²) in [4.78, 5) is 28.4. The van der Waals surface area contributed by atoms with E-state index in [0.29, 0.717) is 17.9 Å². The lowest BCUT2D eigenvalue weighted by Gasteiger charge is -2.43. The number of aryl methyl sites for hydroxylation is 1. The largest absolute Gasteiger partial charge is 0.294 e. The summed E-state index contributed by atoms with van der Waals surface area (Å²) in [5, 5.41) is 0.607. The minimum Gasteiger partial charge on any atom is -0.294 e. The Morgan fingerprint density at radius 1 is 1.03 bits per heavy atom. The predicted octanol–water partition coefficient (Wildman–Crippen LogP) is 6.07. The molecule has 1 amide bonds. The molecule has 1 atom stereocenters. The number of ketones is 1. The van der Waals surface area contributed by atoms with Crippen molar-refractivity contribution in [1.82, 2.24) is 0 Å². The zero-order chi connectivity index (χ0) is 20.8. The number of anilines is 1. The quantitative estimate of drug-likeness (QED) is 0.619. The zero-order valence-corrected chi connectivity index (χ0v) is 17.9. The minimum atomic E-state index is -0.277. The highest BCUT2D eigenvalue weighted by atomic mass is 35.5. The Balaban J connectivity index is 1.89. The molecule has 29 heavy (non-hydrogen) atoms. The van der Waals surface area contributed by atoms with Crippen molar-refractivity contribution in [3.8, 4) is 0 Å². The number of allylic oxidation sites excluding steroid dienone is 2. The third-order valence-electron chi connectivity index (χ3n) is 6.03. The van der Waals surface area contributed by atoms with Gasteiger partial charge in [0.1, 0.15) is 0 Å². The summed E-state index contributed by atoms with van der Waals surface area (Å²) in [6, 6.07) is 15.6. The molecule has 0 saturated heterocycles. The van der Waals surface area contributed by atoms with Crippen molar-refractivity contribution in [3.05, 3.63) is 76.0 Å². The second kappa shape index (κ2) is 7.46. The lowest BCUT2D eigenvalue weighted by molar-refractivity contribution is -0.121. The van der Waals surface area contributed by atoms with E-state index in [0.717, 1.165) is 28.9 Å². The fourth-order valence-corrected chi connectivity index (χ4v) is 4.89. The summed E-state index contributed by atoms with van der Waals surface area (Å²) in [5.41, 5.74) is 4.35. The first-order chi connectivity index (χ1) is 13.8. The van der Waals surface area contributed by atoms with Gasteiger partial charge in [-0.25, -0.2) is 0 Å². The molecule has 2 aromatic carbocycles. The standard InChI is InChI=1S/C25H26ClNO2/c1-4-16-9-11-17(12-10-16)27-21-14-25(2,3)15-22(28)24(21)19(13-23(27)29)18-7-5-6-8-20(18)26/h5-12,19H,4,13-15H2,1-3H3. The molecule has 3 nitrogen and oxygen atoms in total. The SMILES string of the molecule is CCc1ccc(N2C(=O)CC(c3ccccc3Cl)C3=C2CC(C)(C)CC3=O)cc1.